The second-order valence-electron chi connectivity index (χ2n) is 4.77. The maximum absolute atomic E-state index is 9.33. The highest BCUT2D eigenvalue weighted by molar-refractivity contribution is 6.42. The Morgan fingerprint density at radius 2 is 2.11 bits per heavy atom. The first-order valence-corrected chi connectivity index (χ1v) is 6.83. The summed E-state index contributed by atoms with van der Waals surface area (Å²) in [6.07, 6.45) is 0. The summed E-state index contributed by atoms with van der Waals surface area (Å²) in [4.78, 5) is 4.49. The number of hydrogen-bond acceptors (Lipinski definition) is 3. The van der Waals surface area contributed by atoms with Gasteiger partial charge in [-0.2, -0.15) is 0 Å². The van der Waals surface area contributed by atoms with Gasteiger partial charge < -0.3 is 5.11 Å². The molecule has 1 aromatic rings. The first-order chi connectivity index (χ1) is 8.61. The van der Waals surface area contributed by atoms with E-state index < -0.39 is 0 Å². The fourth-order valence-electron chi connectivity index (χ4n) is 2.26. The molecule has 1 unspecified atom stereocenters. The van der Waals surface area contributed by atoms with Crippen molar-refractivity contribution in [1.82, 2.24) is 9.80 Å². The molecule has 1 aliphatic heterocycles. The fourth-order valence-corrected chi connectivity index (χ4v) is 2.64. The maximum atomic E-state index is 9.33. The van der Waals surface area contributed by atoms with Crippen LogP contribution >= 0.6 is 23.2 Å². The van der Waals surface area contributed by atoms with Crippen LogP contribution in [0.3, 0.4) is 0 Å². The first kappa shape index (κ1) is 14.1. The van der Waals surface area contributed by atoms with Crippen LogP contribution in [0, 0.1) is 0 Å². The van der Waals surface area contributed by atoms with Crippen LogP contribution in [0.25, 0.3) is 0 Å². The SMILES string of the molecule is CN1CCN(Cc2cccc(Cl)c2Cl)CC1CO. The number of aliphatic hydroxyl groups is 1. The third-order valence-electron chi connectivity index (χ3n) is 3.50. The lowest BCUT2D eigenvalue weighted by Gasteiger charge is -2.38. The number of aliphatic hydroxyl groups excluding tert-OH is 1. The second kappa shape index (κ2) is 6.22. The van der Waals surface area contributed by atoms with Crippen LogP contribution in [0.1, 0.15) is 5.56 Å². The second-order valence-corrected chi connectivity index (χ2v) is 5.55. The number of nitrogens with zero attached hydrogens (tertiary/aromatic N) is 2. The highest BCUT2D eigenvalue weighted by atomic mass is 35.5. The Bertz CT molecular complexity index is 414. The molecule has 1 fully saturated rings. The zero-order chi connectivity index (χ0) is 13.1. The maximum Gasteiger partial charge on any atom is 0.0637 e. The van der Waals surface area contributed by atoms with Gasteiger partial charge in [-0.15, -0.1) is 0 Å². The summed E-state index contributed by atoms with van der Waals surface area (Å²) in [6, 6.07) is 5.93. The van der Waals surface area contributed by atoms with Crippen LogP contribution in [0.15, 0.2) is 18.2 Å². The van der Waals surface area contributed by atoms with Gasteiger partial charge >= 0.3 is 0 Å². The van der Waals surface area contributed by atoms with E-state index in [-0.39, 0.29) is 12.6 Å². The van der Waals surface area contributed by atoms with E-state index >= 15 is 0 Å². The third kappa shape index (κ3) is 3.16. The number of halogens is 2. The summed E-state index contributed by atoms with van der Waals surface area (Å²) >= 11 is 12.2. The summed E-state index contributed by atoms with van der Waals surface area (Å²) in [5.41, 5.74) is 1.05. The van der Waals surface area contributed by atoms with Gasteiger partial charge in [0.05, 0.1) is 16.7 Å². The molecule has 18 heavy (non-hydrogen) atoms. The average Bonchev–Trinajstić information content (AvgIpc) is 2.37. The van der Waals surface area contributed by atoms with E-state index in [1.807, 2.05) is 19.2 Å². The lowest BCUT2D eigenvalue weighted by Crippen LogP contribution is -2.52. The van der Waals surface area contributed by atoms with Crippen molar-refractivity contribution in [2.75, 3.05) is 33.3 Å². The van der Waals surface area contributed by atoms with Gasteiger partial charge in [0.1, 0.15) is 0 Å². The quantitative estimate of drug-likeness (QED) is 0.923. The van der Waals surface area contributed by atoms with E-state index in [1.165, 1.54) is 0 Å². The van der Waals surface area contributed by atoms with Gasteiger partial charge in [-0.25, -0.2) is 0 Å². The zero-order valence-corrected chi connectivity index (χ0v) is 12.0. The van der Waals surface area contributed by atoms with E-state index in [2.05, 4.69) is 9.80 Å². The molecule has 0 spiro atoms. The minimum absolute atomic E-state index is 0.191. The van der Waals surface area contributed by atoms with E-state index in [1.54, 1.807) is 6.07 Å². The topological polar surface area (TPSA) is 26.7 Å². The molecule has 1 aromatic carbocycles. The van der Waals surface area contributed by atoms with E-state index in [4.69, 9.17) is 23.2 Å². The largest absolute Gasteiger partial charge is 0.395 e. The van der Waals surface area contributed by atoms with E-state index in [0.717, 1.165) is 31.7 Å². The molecule has 100 valence electrons. The zero-order valence-electron chi connectivity index (χ0n) is 10.4. The molecule has 1 heterocycles. The minimum atomic E-state index is 0.191. The highest BCUT2D eigenvalue weighted by Crippen LogP contribution is 2.27. The summed E-state index contributed by atoms with van der Waals surface area (Å²) in [6.45, 7) is 3.77. The molecule has 1 N–H and O–H groups in total. The van der Waals surface area contributed by atoms with Crippen LogP contribution in [0.2, 0.25) is 10.0 Å². The van der Waals surface area contributed by atoms with Crippen LogP contribution in [0.5, 0.6) is 0 Å². The van der Waals surface area contributed by atoms with Crippen molar-refractivity contribution < 1.29 is 5.11 Å². The van der Waals surface area contributed by atoms with Gasteiger partial charge in [-0.3, -0.25) is 9.80 Å². The van der Waals surface area contributed by atoms with Crippen LogP contribution < -0.4 is 0 Å². The van der Waals surface area contributed by atoms with Crippen LogP contribution in [-0.4, -0.2) is 54.2 Å². The Labute approximate surface area is 118 Å². The van der Waals surface area contributed by atoms with Crippen molar-refractivity contribution in [2.45, 2.75) is 12.6 Å². The Hall–Kier alpha value is -0.320. The molecular formula is C13H18Cl2N2O. The molecule has 0 aromatic heterocycles. The van der Waals surface area contributed by atoms with Crippen LogP contribution in [-0.2, 0) is 6.54 Å². The number of benzene rings is 1. The monoisotopic (exact) mass is 288 g/mol. The van der Waals surface area contributed by atoms with Crippen molar-refractivity contribution in [3.05, 3.63) is 33.8 Å². The van der Waals surface area contributed by atoms with Gasteiger partial charge in [-0.05, 0) is 18.7 Å². The predicted octanol–water partition coefficient (Wildman–Crippen LogP) is 2.10. The van der Waals surface area contributed by atoms with Gasteiger partial charge in [0.15, 0.2) is 0 Å². The summed E-state index contributed by atoms with van der Waals surface area (Å²) in [5, 5.41) is 10.6. The summed E-state index contributed by atoms with van der Waals surface area (Å²) in [5.74, 6) is 0. The van der Waals surface area contributed by atoms with Crippen molar-refractivity contribution in [3.63, 3.8) is 0 Å². The Morgan fingerprint density at radius 3 is 2.83 bits per heavy atom. The number of likely N-dealkylation sites (N-methyl/N-ethyl adjacent to an activating group) is 1. The first-order valence-electron chi connectivity index (χ1n) is 6.08. The molecule has 0 radical (unpaired) electrons. The molecule has 5 heteroatoms. The Morgan fingerprint density at radius 1 is 1.33 bits per heavy atom. The van der Waals surface area contributed by atoms with Gasteiger partial charge in [0.2, 0.25) is 0 Å². The third-order valence-corrected chi connectivity index (χ3v) is 4.36. The number of rotatable bonds is 3. The molecule has 1 atom stereocenters. The minimum Gasteiger partial charge on any atom is -0.395 e. The highest BCUT2D eigenvalue weighted by Gasteiger charge is 2.24. The van der Waals surface area contributed by atoms with Gasteiger partial charge in [0, 0.05) is 32.2 Å². The molecule has 1 saturated heterocycles. The lowest BCUT2D eigenvalue weighted by molar-refractivity contribution is 0.0540. The number of piperazine rings is 1. The summed E-state index contributed by atoms with van der Waals surface area (Å²) < 4.78 is 0. The summed E-state index contributed by atoms with van der Waals surface area (Å²) in [7, 11) is 2.05. The molecule has 3 nitrogen and oxygen atoms in total. The predicted molar refractivity (Wildman–Crippen MR) is 75.2 cm³/mol. The van der Waals surface area contributed by atoms with Gasteiger partial charge in [-0.1, -0.05) is 35.3 Å². The van der Waals surface area contributed by atoms with E-state index in [9.17, 15) is 5.11 Å². The van der Waals surface area contributed by atoms with Crippen molar-refractivity contribution in [1.29, 1.82) is 0 Å². The van der Waals surface area contributed by atoms with Crippen molar-refractivity contribution in [2.24, 2.45) is 0 Å². The Kier molecular flexibility index (Phi) is 4.87. The molecule has 0 amide bonds. The van der Waals surface area contributed by atoms with Crippen molar-refractivity contribution >= 4 is 23.2 Å². The molecule has 1 aliphatic rings. The average molecular weight is 289 g/mol. The molecule has 2 rings (SSSR count). The van der Waals surface area contributed by atoms with Crippen molar-refractivity contribution in [3.8, 4) is 0 Å². The fraction of sp³-hybridized carbons (Fsp3) is 0.538. The normalized spacial score (nSPS) is 22.3. The van der Waals surface area contributed by atoms with E-state index in [0.29, 0.717) is 10.0 Å². The Balaban J connectivity index is 2.03. The molecule has 0 bridgehead atoms. The lowest BCUT2D eigenvalue weighted by atomic mass is 10.1. The molecular weight excluding hydrogens is 271 g/mol. The smallest absolute Gasteiger partial charge is 0.0637 e. The molecule has 0 aliphatic carbocycles. The standard InChI is InChI=1S/C13H18Cl2N2O/c1-16-5-6-17(8-11(16)9-18)7-10-3-2-4-12(14)13(10)15/h2-4,11,18H,5-9H2,1H3. The number of hydrogen-bond donors (Lipinski definition) is 1. The van der Waals surface area contributed by atoms with Gasteiger partial charge in [0.25, 0.3) is 0 Å². The molecule has 0 saturated carbocycles. The van der Waals surface area contributed by atoms with Crippen LogP contribution in [0.4, 0.5) is 0 Å².